The smallest absolute Gasteiger partial charge is 0.336 e. The number of unbranched alkanes of at least 4 members (excludes halogenated alkanes) is 20. The van der Waals surface area contributed by atoms with Crippen LogP contribution in [0.15, 0.2) is 35.0 Å². The highest BCUT2D eigenvalue weighted by molar-refractivity contribution is 7.29. The van der Waals surface area contributed by atoms with Gasteiger partial charge in [0.2, 0.25) is 0 Å². The summed E-state index contributed by atoms with van der Waals surface area (Å²) < 4.78 is 4.86. The Bertz CT molecular complexity index is 1920. The van der Waals surface area contributed by atoms with Crippen molar-refractivity contribution in [2.75, 3.05) is 0 Å². The van der Waals surface area contributed by atoms with Crippen LogP contribution >= 0.6 is 45.3 Å². The van der Waals surface area contributed by atoms with E-state index >= 15 is 0 Å². The SMILES string of the molecule is CCCCCCCCCC(CCCCCCC)c1csc2cc(-c3cc(C(=O)O)c(-c4cc5scc(C(CCCCCCC)CCCCCCCCC)c5s4)cc3C(=O)O)sc12. The van der Waals surface area contributed by atoms with Crippen molar-refractivity contribution in [1.29, 1.82) is 0 Å². The van der Waals surface area contributed by atoms with Crippen molar-refractivity contribution in [3.8, 4) is 20.9 Å². The summed E-state index contributed by atoms with van der Waals surface area (Å²) >= 11 is 6.83. The topological polar surface area (TPSA) is 74.6 Å². The molecule has 62 heavy (non-hydrogen) atoms. The van der Waals surface area contributed by atoms with E-state index in [0.29, 0.717) is 23.0 Å². The van der Waals surface area contributed by atoms with Crippen molar-refractivity contribution < 1.29 is 19.8 Å². The zero-order chi connectivity index (χ0) is 44.1. The van der Waals surface area contributed by atoms with Crippen LogP contribution in [0.5, 0.6) is 0 Å². The van der Waals surface area contributed by atoms with Gasteiger partial charge in [-0.25, -0.2) is 9.59 Å². The first-order valence-corrected chi connectivity index (χ1v) is 28.4. The highest BCUT2D eigenvalue weighted by Gasteiger charge is 2.26. The minimum atomic E-state index is -1.02. The van der Waals surface area contributed by atoms with Gasteiger partial charge in [0.25, 0.3) is 0 Å². The lowest BCUT2D eigenvalue weighted by Gasteiger charge is -2.17. The quantitative estimate of drug-likeness (QED) is 0.0403. The third-order valence-corrected chi connectivity index (χ3v) is 17.8. The molecule has 4 nitrogen and oxygen atoms in total. The second-order valence-corrected chi connectivity index (χ2v) is 22.1. The Morgan fingerprint density at radius 2 is 0.726 bits per heavy atom. The molecule has 0 saturated heterocycles. The summed E-state index contributed by atoms with van der Waals surface area (Å²) in [4.78, 5) is 27.9. The molecule has 0 radical (unpaired) electrons. The van der Waals surface area contributed by atoms with E-state index in [1.807, 2.05) is 0 Å². The second kappa shape index (κ2) is 27.7. The van der Waals surface area contributed by atoms with Crippen LogP contribution in [0, 0.1) is 0 Å². The Labute approximate surface area is 391 Å². The fraction of sp³-hybridized carbons (Fsp3) is 0.630. The lowest BCUT2D eigenvalue weighted by Crippen LogP contribution is -2.05. The predicted molar refractivity (Wildman–Crippen MR) is 275 cm³/mol. The molecular weight excluding hydrogens is 841 g/mol. The highest BCUT2D eigenvalue weighted by atomic mass is 32.1. The number of rotatable bonds is 34. The molecular formula is C54H78O4S4. The van der Waals surface area contributed by atoms with E-state index in [0.717, 1.165) is 9.75 Å². The van der Waals surface area contributed by atoms with E-state index in [4.69, 9.17) is 0 Å². The van der Waals surface area contributed by atoms with Crippen LogP contribution in [-0.4, -0.2) is 22.2 Å². The van der Waals surface area contributed by atoms with Gasteiger partial charge >= 0.3 is 11.9 Å². The summed E-state index contributed by atoms with van der Waals surface area (Å²) in [6.45, 7) is 9.09. The zero-order valence-corrected chi connectivity index (χ0v) is 42.0. The average molecular weight is 919 g/mol. The first-order valence-electron chi connectivity index (χ1n) is 25.0. The number of thiophene rings is 4. The Hall–Kier alpha value is -2.52. The van der Waals surface area contributed by atoms with E-state index in [1.54, 1.807) is 57.5 Å². The van der Waals surface area contributed by atoms with Gasteiger partial charge in [-0.15, -0.1) is 45.3 Å². The minimum absolute atomic E-state index is 0.178. The van der Waals surface area contributed by atoms with Crippen LogP contribution in [0.25, 0.3) is 39.7 Å². The first-order chi connectivity index (χ1) is 30.3. The maximum Gasteiger partial charge on any atom is 0.336 e. The maximum atomic E-state index is 13.1. The Morgan fingerprint density at radius 3 is 1.02 bits per heavy atom. The van der Waals surface area contributed by atoms with Gasteiger partial charge in [-0.3, -0.25) is 0 Å². The number of benzene rings is 1. The summed E-state index contributed by atoms with van der Waals surface area (Å²) in [7, 11) is 0. The molecule has 1 aromatic carbocycles. The molecule has 4 heterocycles. The fourth-order valence-electron chi connectivity index (χ4n) is 9.47. The van der Waals surface area contributed by atoms with Gasteiger partial charge in [-0.05, 0) is 83.7 Å². The lowest BCUT2D eigenvalue weighted by atomic mass is 9.89. The third kappa shape index (κ3) is 14.8. The largest absolute Gasteiger partial charge is 0.478 e. The Kier molecular flexibility index (Phi) is 22.6. The molecule has 0 fully saturated rings. The first kappa shape index (κ1) is 50.5. The van der Waals surface area contributed by atoms with Crippen LogP contribution in [-0.2, 0) is 0 Å². The summed E-state index contributed by atoms with van der Waals surface area (Å²) in [5.74, 6) is -1.04. The molecule has 4 aromatic heterocycles. The molecule has 2 atom stereocenters. The third-order valence-electron chi connectivity index (χ3n) is 13.2. The number of hydrogen-bond acceptors (Lipinski definition) is 6. The van der Waals surface area contributed by atoms with Gasteiger partial charge < -0.3 is 10.2 Å². The number of carboxylic acids is 2. The molecule has 2 unspecified atom stereocenters. The van der Waals surface area contributed by atoms with Gasteiger partial charge in [0.1, 0.15) is 0 Å². The molecule has 5 rings (SSSR count). The minimum Gasteiger partial charge on any atom is -0.478 e. The van der Waals surface area contributed by atoms with E-state index in [2.05, 4.69) is 50.6 Å². The van der Waals surface area contributed by atoms with Crippen LogP contribution in [0.4, 0.5) is 0 Å². The molecule has 0 spiro atoms. The van der Waals surface area contributed by atoms with Crippen molar-refractivity contribution in [3.63, 3.8) is 0 Å². The molecule has 5 aromatic rings. The second-order valence-electron chi connectivity index (χ2n) is 18.2. The molecule has 0 aliphatic carbocycles. The van der Waals surface area contributed by atoms with Crippen LogP contribution in [0.1, 0.15) is 251 Å². The molecule has 342 valence electrons. The monoisotopic (exact) mass is 918 g/mol. The summed E-state index contributed by atoms with van der Waals surface area (Å²) in [6, 6.07) is 7.56. The number of aromatic carboxylic acids is 2. The fourth-order valence-corrected chi connectivity index (χ4v) is 14.6. The van der Waals surface area contributed by atoms with Gasteiger partial charge in [-0.1, -0.05) is 182 Å². The number of carbonyl (C=O) groups is 2. The van der Waals surface area contributed by atoms with Crippen LogP contribution < -0.4 is 0 Å². The number of carboxylic acid groups (broad SMARTS) is 2. The zero-order valence-electron chi connectivity index (χ0n) is 38.8. The van der Waals surface area contributed by atoms with Gasteiger partial charge in [0.05, 0.1) is 11.1 Å². The van der Waals surface area contributed by atoms with Gasteiger partial charge in [0, 0.05) is 39.7 Å². The van der Waals surface area contributed by atoms with Gasteiger partial charge in [0.15, 0.2) is 0 Å². The number of fused-ring (bicyclic) bond motifs is 2. The van der Waals surface area contributed by atoms with Gasteiger partial charge in [-0.2, -0.15) is 0 Å². The van der Waals surface area contributed by atoms with Crippen molar-refractivity contribution in [2.24, 2.45) is 0 Å². The molecule has 0 aliphatic heterocycles. The average Bonchev–Trinajstić information content (AvgIpc) is 4.06. The van der Waals surface area contributed by atoms with E-state index < -0.39 is 11.9 Å². The van der Waals surface area contributed by atoms with Crippen molar-refractivity contribution in [1.82, 2.24) is 0 Å². The molecule has 0 amide bonds. The van der Waals surface area contributed by atoms with Crippen molar-refractivity contribution >= 4 is 76.1 Å². The number of hydrogen-bond donors (Lipinski definition) is 2. The van der Waals surface area contributed by atoms with Crippen LogP contribution in [0.2, 0.25) is 0 Å². The summed E-state index contributed by atoms with van der Waals surface area (Å²) in [5, 5.41) is 26.2. The molecule has 2 N–H and O–H groups in total. The van der Waals surface area contributed by atoms with E-state index in [1.165, 1.54) is 210 Å². The van der Waals surface area contributed by atoms with E-state index in [-0.39, 0.29) is 11.1 Å². The normalized spacial score (nSPS) is 12.8. The summed E-state index contributed by atoms with van der Waals surface area (Å²) in [5.41, 5.74) is 4.20. The Balaban J connectivity index is 1.42. The molecule has 0 aliphatic rings. The predicted octanol–water partition coefficient (Wildman–Crippen LogP) is 20.1. The maximum absolute atomic E-state index is 13.1. The molecule has 0 bridgehead atoms. The molecule has 8 heteroatoms. The molecule has 0 saturated carbocycles. The van der Waals surface area contributed by atoms with Crippen molar-refractivity contribution in [3.05, 3.63) is 57.3 Å². The highest BCUT2D eigenvalue weighted by Crippen LogP contribution is 2.48. The lowest BCUT2D eigenvalue weighted by molar-refractivity contribution is 0.0682. The standard InChI is InChI=1S/C54H78O4S4/c1-5-9-13-17-19-23-27-31-39(29-25-21-15-11-7-3)45-37-59-49-35-47(61-51(45)49)41-33-44(54(57)58)42(34-43(41)53(55)56)48-36-50-52(62-48)46(38-60-50)40(30-26-22-16-12-8-4)32-28-24-20-18-14-10-6-2/h33-40H,5-32H2,1-4H3,(H,55,56)(H,57,58). The van der Waals surface area contributed by atoms with E-state index in [9.17, 15) is 19.8 Å². The Morgan fingerprint density at radius 1 is 0.435 bits per heavy atom. The summed E-state index contributed by atoms with van der Waals surface area (Å²) in [6.07, 6.45) is 35.8. The van der Waals surface area contributed by atoms with Crippen molar-refractivity contribution in [2.45, 2.75) is 219 Å². The van der Waals surface area contributed by atoms with Crippen LogP contribution in [0.3, 0.4) is 0 Å².